The number of aromatic hydroxyl groups is 1. The summed E-state index contributed by atoms with van der Waals surface area (Å²) in [4.78, 5) is 11.6. The van der Waals surface area contributed by atoms with Gasteiger partial charge in [0.2, 0.25) is 0 Å². The fourth-order valence-corrected chi connectivity index (χ4v) is 1.83. The quantitative estimate of drug-likeness (QED) is 0.706. The fourth-order valence-electron chi connectivity index (χ4n) is 1.83. The molecular formula is C16H25FN2O3. The van der Waals surface area contributed by atoms with Crippen LogP contribution in [0, 0.1) is 5.82 Å². The summed E-state index contributed by atoms with van der Waals surface area (Å²) in [6.07, 6.45) is 0.248. The van der Waals surface area contributed by atoms with E-state index in [1.807, 2.05) is 27.7 Å². The van der Waals surface area contributed by atoms with Crippen LogP contribution in [0.1, 0.15) is 39.7 Å². The molecule has 5 nitrogen and oxygen atoms in total. The van der Waals surface area contributed by atoms with Crippen LogP contribution in [0.4, 0.5) is 9.18 Å². The average Bonchev–Trinajstić information content (AvgIpc) is 2.37. The molecule has 124 valence electrons. The molecule has 0 aromatic heterocycles. The summed E-state index contributed by atoms with van der Waals surface area (Å²) < 4.78 is 18.3. The molecule has 0 aliphatic carbocycles. The van der Waals surface area contributed by atoms with E-state index in [9.17, 15) is 14.3 Å². The van der Waals surface area contributed by atoms with Crippen LogP contribution in [0.5, 0.6) is 5.75 Å². The number of alkyl carbamates (subject to hydrolysis) is 1. The Bertz CT molecular complexity index is 501. The molecule has 0 heterocycles. The van der Waals surface area contributed by atoms with Crippen LogP contribution < -0.4 is 10.6 Å². The van der Waals surface area contributed by atoms with Gasteiger partial charge in [0.25, 0.3) is 0 Å². The number of para-hydroxylation sites is 1. The van der Waals surface area contributed by atoms with E-state index in [-0.39, 0.29) is 11.8 Å². The van der Waals surface area contributed by atoms with E-state index in [1.165, 1.54) is 6.07 Å². The van der Waals surface area contributed by atoms with Gasteiger partial charge >= 0.3 is 6.09 Å². The van der Waals surface area contributed by atoms with Crippen LogP contribution in [0.3, 0.4) is 0 Å². The molecule has 1 unspecified atom stereocenters. The maximum absolute atomic E-state index is 13.2. The third-order valence-electron chi connectivity index (χ3n) is 2.90. The Morgan fingerprint density at radius 1 is 1.41 bits per heavy atom. The summed E-state index contributed by atoms with van der Waals surface area (Å²) >= 11 is 0. The van der Waals surface area contributed by atoms with Crippen LogP contribution >= 0.6 is 0 Å². The third kappa shape index (κ3) is 6.76. The maximum atomic E-state index is 13.2. The van der Waals surface area contributed by atoms with Gasteiger partial charge in [-0.05, 0) is 46.7 Å². The summed E-state index contributed by atoms with van der Waals surface area (Å²) in [7, 11) is 0. The van der Waals surface area contributed by atoms with E-state index in [2.05, 4.69) is 10.6 Å². The zero-order valence-corrected chi connectivity index (χ0v) is 13.6. The molecule has 0 aliphatic rings. The number of benzene rings is 1. The Labute approximate surface area is 130 Å². The highest BCUT2D eigenvalue weighted by molar-refractivity contribution is 5.67. The summed E-state index contributed by atoms with van der Waals surface area (Å²) in [5.41, 5.74) is -0.00972. The van der Waals surface area contributed by atoms with Crippen LogP contribution in [-0.4, -0.2) is 29.4 Å². The lowest BCUT2D eigenvalue weighted by Gasteiger charge is -2.22. The van der Waals surface area contributed by atoms with Gasteiger partial charge < -0.3 is 20.5 Å². The molecule has 1 aromatic rings. The zero-order valence-electron chi connectivity index (χ0n) is 13.6. The van der Waals surface area contributed by atoms with Crippen LogP contribution in [-0.2, 0) is 11.3 Å². The van der Waals surface area contributed by atoms with Crippen LogP contribution in [0.25, 0.3) is 0 Å². The average molecular weight is 312 g/mol. The van der Waals surface area contributed by atoms with Gasteiger partial charge in [-0.3, -0.25) is 0 Å². The molecule has 1 amide bonds. The van der Waals surface area contributed by atoms with E-state index in [4.69, 9.17) is 4.74 Å². The van der Waals surface area contributed by atoms with Crippen molar-refractivity contribution >= 4 is 6.09 Å². The molecule has 0 bridgehead atoms. The van der Waals surface area contributed by atoms with Crippen molar-refractivity contribution in [2.45, 2.75) is 52.3 Å². The number of phenolic OH excluding ortho intramolecular Hbond substituents is 1. The number of hydrogen-bond acceptors (Lipinski definition) is 4. The van der Waals surface area contributed by atoms with Gasteiger partial charge in [-0.2, -0.15) is 0 Å². The molecule has 0 saturated heterocycles. The van der Waals surface area contributed by atoms with Gasteiger partial charge in [0, 0.05) is 18.2 Å². The molecule has 0 fully saturated rings. The number of hydrogen-bond donors (Lipinski definition) is 3. The summed E-state index contributed by atoms with van der Waals surface area (Å²) in [6, 6.07) is 4.38. The molecule has 0 aliphatic heterocycles. The molecule has 6 heteroatoms. The highest BCUT2D eigenvalue weighted by atomic mass is 19.1. The van der Waals surface area contributed by atoms with Crippen molar-refractivity contribution in [2.75, 3.05) is 6.54 Å². The van der Waals surface area contributed by atoms with Gasteiger partial charge in [-0.15, -0.1) is 0 Å². The largest absolute Gasteiger partial charge is 0.505 e. The second-order valence-electron chi connectivity index (χ2n) is 6.26. The number of rotatable bonds is 6. The van der Waals surface area contributed by atoms with Crippen molar-refractivity contribution < 1.29 is 19.0 Å². The van der Waals surface area contributed by atoms with Crippen molar-refractivity contribution in [3.8, 4) is 5.75 Å². The highest BCUT2D eigenvalue weighted by Gasteiger charge is 2.17. The standard InChI is InChI=1S/C16H25FN2O3/c1-11(19-15(21)22-16(2,3)4)8-9-18-10-12-6-5-7-13(17)14(12)20/h5-7,11,18,20H,8-10H2,1-4H3,(H,19,21). The molecule has 0 spiro atoms. The Balaban J connectivity index is 2.27. The Morgan fingerprint density at radius 3 is 2.73 bits per heavy atom. The second-order valence-corrected chi connectivity index (χ2v) is 6.26. The predicted molar refractivity (Wildman–Crippen MR) is 83.2 cm³/mol. The predicted octanol–water partition coefficient (Wildman–Crippen LogP) is 2.92. The lowest BCUT2D eigenvalue weighted by Crippen LogP contribution is -2.38. The van der Waals surface area contributed by atoms with Crippen LogP contribution in [0.2, 0.25) is 0 Å². The molecule has 1 rings (SSSR count). The lowest BCUT2D eigenvalue weighted by molar-refractivity contribution is 0.0506. The second kappa shape index (κ2) is 7.98. The van der Waals surface area contributed by atoms with Gasteiger partial charge in [0.05, 0.1) is 0 Å². The van der Waals surface area contributed by atoms with E-state index in [0.29, 0.717) is 25.1 Å². The lowest BCUT2D eigenvalue weighted by atomic mass is 10.2. The van der Waals surface area contributed by atoms with Gasteiger partial charge in [-0.25, -0.2) is 9.18 Å². The van der Waals surface area contributed by atoms with Crippen molar-refractivity contribution in [1.29, 1.82) is 0 Å². The Morgan fingerprint density at radius 2 is 2.09 bits per heavy atom. The van der Waals surface area contributed by atoms with E-state index < -0.39 is 17.5 Å². The number of nitrogens with one attached hydrogen (secondary N) is 2. The number of phenols is 1. The number of halogens is 1. The van der Waals surface area contributed by atoms with Crippen molar-refractivity contribution in [1.82, 2.24) is 10.6 Å². The molecule has 1 atom stereocenters. The number of ether oxygens (including phenoxy) is 1. The Kier molecular flexibility index (Phi) is 6.61. The minimum absolute atomic E-state index is 0.0524. The van der Waals surface area contributed by atoms with E-state index in [0.717, 1.165) is 0 Å². The van der Waals surface area contributed by atoms with Crippen molar-refractivity contribution in [2.24, 2.45) is 0 Å². The SMILES string of the molecule is CC(CCNCc1cccc(F)c1O)NC(=O)OC(C)(C)C. The first-order valence-corrected chi connectivity index (χ1v) is 7.35. The molecule has 22 heavy (non-hydrogen) atoms. The highest BCUT2D eigenvalue weighted by Crippen LogP contribution is 2.20. The van der Waals surface area contributed by atoms with Gasteiger partial charge in [0.1, 0.15) is 5.60 Å². The molecule has 0 radical (unpaired) electrons. The first kappa shape index (κ1) is 18.2. The summed E-state index contributed by atoms with van der Waals surface area (Å²) in [5, 5.41) is 15.4. The fraction of sp³-hybridized carbons (Fsp3) is 0.562. The number of carbonyl (C=O) groups is 1. The Hall–Kier alpha value is -1.82. The van der Waals surface area contributed by atoms with Crippen molar-refractivity contribution in [3.05, 3.63) is 29.6 Å². The third-order valence-corrected chi connectivity index (χ3v) is 2.90. The smallest absolute Gasteiger partial charge is 0.407 e. The van der Waals surface area contributed by atoms with E-state index >= 15 is 0 Å². The van der Waals surface area contributed by atoms with Crippen molar-refractivity contribution in [3.63, 3.8) is 0 Å². The molecular weight excluding hydrogens is 287 g/mol. The molecule has 0 saturated carbocycles. The van der Waals surface area contributed by atoms with Crippen LogP contribution in [0.15, 0.2) is 18.2 Å². The molecule has 1 aromatic carbocycles. The maximum Gasteiger partial charge on any atom is 0.407 e. The van der Waals surface area contributed by atoms with E-state index in [1.54, 1.807) is 12.1 Å². The minimum atomic E-state index is -0.626. The van der Waals surface area contributed by atoms with Gasteiger partial charge in [-0.1, -0.05) is 12.1 Å². The van der Waals surface area contributed by atoms with Gasteiger partial charge in [0.15, 0.2) is 11.6 Å². The summed E-state index contributed by atoms with van der Waals surface area (Å²) in [6.45, 7) is 8.29. The zero-order chi connectivity index (χ0) is 16.8. The summed E-state index contributed by atoms with van der Waals surface area (Å²) in [5.74, 6) is -0.950. The first-order chi connectivity index (χ1) is 10.2. The minimum Gasteiger partial charge on any atom is -0.505 e. The monoisotopic (exact) mass is 312 g/mol. The molecule has 3 N–H and O–H groups in total. The number of carbonyl (C=O) groups excluding carboxylic acids is 1. The first-order valence-electron chi connectivity index (χ1n) is 7.35. The normalized spacial score (nSPS) is 12.8. The number of amides is 1. The topological polar surface area (TPSA) is 70.6 Å².